The monoisotopic (exact) mass is 279 g/mol. The van der Waals surface area contributed by atoms with E-state index in [1.807, 2.05) is 30.3 Å². The summed E-state index contributed by atoms with van der Waals surface area (Å²) in [6, 6.07) is 13.0. The Morgan fingerprint density at radius 1 is 1.10 bits per heavy atom. The minimum absolute atomic E-state index is 0.213. The Kier molecular flexibility index (Phi) is 3.23. The molecule has 5 heteroatoms. The average molecular weight is 279 g/mol. The number of aromatic carboxylic acids is 1. The largest absolute Gasteiger partial charge is 0.478 e. The molecule has 0 saturated carbocycles. The van der Waals surface area contributed by atoms with Gasteiger partial charge in [0.15, 0.2) is 0 Å². The third kappa shape index (κ3) is 2.29. The van der Waals surface area contributed by atoms with Crippen LogP contribution in [0.5, 0.6) is 0 Å². The molecule has 0 aliphatic heterocycles. The maximum Gasteiger partial charge on any atom is 0.339 e. The lowest BCUT2D eigenvalue weighted by atomic mass is 10.1. The van der Waals surface area contributed by atoms with Gasteiger partial charge in [-0.2, -0.15) is 5.10 Å². The standard InChI is InChI=1S/C16H13N3O2/c1-11-14(16(20)21)15(12-7-9-17-10-8-12)18-19(11)13-5-3-2-4-6-13/h2-10H,1H3,(H,20,21). The van der Waals surface area contributed by atoms with Crippen molar-refractivity contribution < 1.29 is 9.90 Å². The smallest absolute Gasteiger partial charge is 0.339 e. The van der Waals surface area contributed by atoms with Gasteiger partial charge in [0, 0.05) is 18.0 Å². The van der Waals surface area contributed by atoms with Crippen molar-refractivity contribution in [2.45, 2.75) is 6.92 Å². The summed E-state index contributed by atoms with van der Waals surface area (Å²) in [6.07, 6.45) is 3.25. The van der Waals surface area contributed by atoms with Crippen molar-refractivity contribution in [1.29, 1.82) is 0 Å². The summed E-state index contributed by atoms with van der Waals surface area (Å²) in [7, 11) is 0. The highest BCUT2D eigenvalue weighted by molar-refractivity contribution is 5.96. The molecule has 21 heavy (non-hydrogen) atoms. The second-order valence-electron chi connectivity index (χ2n) is 4.60. The van der Waals surface area contributed by atoms with E-state index in [0.717, 1.165) is 11.3 Å². The van der Waals surface area contributed by atoms with Crippen LogP contribution in [0.15, 0.2) is 54.9 Å². The fourth-order valence-corrected chi connectivity index (χ4v) is 2.29. The highest BCUT2D eigenvalue weighted by Crippen LogP contribution is 2.26. The molecule has 0 bridgehead atoms. The van der Waals surface area contributed by atoms with Gasteiger partial charge in [-0.3, -0.25) is 4.98 Å². The number of hydrogen-bond donors (Lipinski definition) is 1. The van der Waals surface area contributed by atoms with Crippen molar-refractivity contribution in [2.24, 2.45) is 0 Å². The number of nitrogens with zero attached hydrogens (tertiary/aromatic N) is 3. The van der Waals surface area contributed by atoms with Crippen molar-refractivity contribution in [3.8, 4) is 16.9 Å². The van der Waals surface area contributed by atoms with Crippen LogP contribution in [-0.4, -0.2) is 25.8 Å². The van der Waals surface area contributed by atoms with E-state index in [0.29, 0.717) is 11.4 Å². The maximum atomic E-state index is 11.6. The van der Waals surface area contributed by atoms with E-state index in [2.05, 4.69) is 10.1 Å². The topological polar surface area (TPSA) is 68.0 Å². The number of hydrogen-bond acceptors (Lipinski definition) is 3. The summed E-state index contributed by atoms with van der Waals surface area (Å²) in [5.41, 5.74) is 2.83. The molecule has 0 radical (unpaired) electrons. The van der Waals surface area contributed by atoms with Crippen molar-refractivity contribution in [1.82, 2.24) is 14.8 Å². The molecule has 0 aliphatic carbocycles. The van der Waals surface area contributed by atoms with E-state index in [1.54, 1.807) is 36.1 Å². The molecular weight excluding hydrogens is 266 g/mol. The van der Waals surface area contributed by atoms with Crippen LogP contribution in [0.3, 0.4) is 0 Å². The third-order valence-electron chi connectivity index (χ3n) is 3.28. The Morgan fingerprint density at radius 3 is 2.38 bits per heavy atom. The molecule has 3 aromatic rings. The molecule has 5 nitrogen and oxygen atoms in total. The fourth-order valence-electron chi connectivity index (χ4n) is 2.29. The van der Waals surface area contributed by atoms with E-state index in [9.17, 15) is 9.90 Å². The first-order chi connectivity index (χ1) is 10.2. The lowest BCUT2D eigenvalue weighted by Gasteiger charge is -2.03. The van der Waals surface area contributed by atoms with Crippen molar-refractivity contribution in [2.75, 3.05) is 0 Å². The highest BCUT2D eigenvalue weighted by atomic mass is 16.4. The van der Waals surface area contributed by atoms with Gasteiger partial charge >= 0.3 is 5.97 Å². The van der Waals surface area contributed by atoms with E-state index in [1.165, 1.54) is 0 Å². The zero-order valence-corrected chi connectivity index (χ0v) is 11.4. The van der Waals surface area contributed by atoms with Crippen LogP contribution in [-0.2, 0) is 0 Å². The van der Waals surface area contributed by atoms with Gasteiger partial charge in [-0.1, -0.05) is 18.2 Å². The lowest BCUT2D eigenvalue weighted by molar-refractivity contribution is 0.0697. The molecule has 3 rings (SSSR count). The number of pyridine rings is 1. The predicted octanol–water partition coefficient (Wildman–Crippen LogP) is 2.94. The first kappa shape index (κ1) is 13.1. The normalized spacial score (nSPS) is 10.5. The minimum Gasteiger partial charge on any atom is -0.478 e. The number of carbonyl (C=O) groups is 1. The SMILES string of the molecule is Cc1c(C(=O)O)c(-c2ccncc2)nn1-c1ccccc1. The summed E-state index contributed by atoms with van der Waals surface area (Å²) >= 11 is 0. The first-order valence-corrected chi connectivity index (χ1v) is 6.47. The zero-order valence-electron chi connectivity index (χ0n) is 11.4. The van der Waals surface area contributed by atoms with Crippen LogP contribution in [0.2, 0.25) is 0 Å². The molecule has 104 valence electrons. The minimum atomic E-state index is -0.985. The molecule has 0 spiro atoms. The second-order valence-corrected chi connectivity index (χ2v) is 4.60. The van der Waals surface area contributed by atoms with Crippen molar-refractivity contribution in [3.05, 3.63) is 66.1 Å². The molecule has 0 saturated heterocycles. The number of carboxylic acid groups (broad SMARTS) is 1. The molecule has 0 aliphatic rings. The third-order valence-corrected chi connectivity index (χ3v) is 3.28. The van der Waals surface area contributed by atoms with E-state index in [-0.39, 0.29) is 5.56 Å². The van der Waals surface area contributed by atoms with Gasteiger partial charge in [0.1, 0.15) is 11.3 Å². The molecule has 0 fully saturated rings. The Bertz CT molecular complexity index is 780. The molecule has 0 unspecified atom stereocenters. The van der Waals surface area contributed by atoms with Gasteiger partial charge in [-0.15, -0.1) is 0 Å². The van der Waals surface area contributed by atoms with Crippen LogP contribution in [0.25, 0.3) is 16.9 Å². The zero-order chi connectivity index (χ0) is 14.8. The van der Waals surface area contributed by atoms with Gasteiger partial charge in [0.2, 0.25) is 0 Å². The van der Waals surface area contributed by atoms with Gasteiger partial charge < -0.3 is 5.11 Å². The molecular formula is C16H13N3O2. The van der Waals surface area contributed by atoms with E-state index < -0.39 is 5.97 Å². The van der Waals surface area contributed by atoms with Gasteiger partial charge in [-0.25, -0.2) is 9.48 Å². The van der Waals surface area contributed by atoms with Crippen LogP contribution in [0.4, 0.5) is 0 Å². The molecule has 2 heterocycles. The molecule has 0 atom stereocenters. The lowest BCUT2D eigenvalue weighted by Crippen LogP contribution is -2.02. The van der Waals surface area contributed by atoms with Crippen LogP contribution in [0.1, 0.15) is 16.1 Å². The van der Waals surface area contributed by atoms with Crippen molar-refractivity contribution in [3.63, 3.8) is 0 Å². The molecule has 1 aromatic carbocycles. The molecule has 2 aromatic heterocycles. The van der Waals surface area contributed by atoms with E-state index in [4.69, 9.17) is 0 Å². The number of benzene rings is 1. The van der Waals surface area contributed by atoms with Crippen LogP contribution < -0.4 is 0 Å². The number of carboxylic acids is 1. The quantitative estimate of drug-likeness (QED) is 0.800. The average Bonchev–Trinajstić information content (AvgIpc) is 2.87. The maximum absolute atomic E-state index is 11.6. The Labute approximate surface area is 121 Å². The first-order valence-electron chi connectivity index (χ1n) is 6.47. The number of para-hydroxylation sites is 1. The number of rotatable bonds is 3. The summed E-state index contributed by atoms with van der Waals surface area (Å²) in [5.74, 6) is -0.985. The van der Waals surface area contributed by atoms with Crippen LogP contribution in [0, 0.1) is 6.92 Å². The summed E-state index contributed by atoms with van der Waals surface area (Å²) in [4.78, 5) is 15.5. The highest BCUT2D eigenvalue weighted by Gasteiger charge is 2.22. The van der Waals surface area contributed by atoms with E-state index >= 15 is 0 Å². The summed E-state index contributed by atoms with van der Waals surface area (Å²) < 4.78 is 1.65. The van der Waals surface area contributed by atoms with Crippen molar-refractivity contribution >= 4 is 5.97 Å². The Morgan fingerprint density at radius 2 is 1.76 bits per heavy atom. The molecule has 1 N–H and O–H groups in total. The van der Waals surface area contributed by atoms with Crippen LogP contribution >= 0.6 is 0 Å². The second kappa shape index (κ2) is 5.20. The molecule has 0 amide bonds. The predicted molar refractivity (Wildman–Crippen MR) is 78.5 cm³/mol. The summed E-state index contributed by atoms with van der Waals surface area (Å²) in [6.45, 7) is 1.76. The van der Waals surface area contributed by atoms with Gasteiger partial charge in [0.05, 0.1) is 11.4 Å². The Balaban J connectivity index is 2.24. The fraction of sp³-hybridized carbons (Fsp3) is 0.0625. The van der Waals surface area contributed by atoms with Gasteiger partial charge in [-0.05, 0) is 31.2 Å². The Hall–Kier alpha value is -2.95. The van der Waals surface area contributed by atoms with Gasteiger partial charge in [0.25, 0.3) is 0 Å². The summed E-state index contributed by atoms with van der Waals surface area (Å²) in [5, 5.41) is 14.0. The number of aromatic nitrogens is 3.